The molecule has 0 atom stereocenters. The highest BCUT2D eigenvalue weighted by molar-refractivity contribution is 7.99. The van der Waals surface area contributed by atoms with Gasteiger partial charge in [0.15, 0.2) is 5.16 Å². The van der Waals surface area contributed by atoms with E-state index < -0.39 is 0 Å². The third-order valence-electron chi connectivity index (χ3n) is 4.80. The third kappa shape index (κ3) is 5.74. The van der Waals surface area contributed by atoms with Crippen LogP contribution in [0.4, 0.5) is 5.69 Å². The molecule has 1 saturated carbocycles. The number of aromatic nitrogens is 2. The minimum Gasteiger partial charge on any atom is -0.495 e. The van der Waals surface area contributed by atoms with Crippen LogP contribution in [0, 0.1) is 0 Å². The summed E-state index contributed by atoms with van der Waals surface area (Å²) >= 11 is 1.22. The zero-order chi connectivity index (χ0) is 20.6. The van der Waals surface area contributed by atoms with Gasteiger partial charge in [-0.3, -0.25) is 9.59 Å². The standard InChI is InChI=1S/C20H26N4O4S/c1-28-17-9-5-4-8-16(17)23-19(27)13-29-20-21-10-15(12-25)24(20)11-18(26)22-14-6-2-3-7-14/h4-5,8-10,14,25H,2-3,6-7,11-13H2,1H3,(H,22,26)(H,23,27). The first kappa shape index (κ1) is 21.2. The smallest absolute Gasteiger partial charge is 0.240 e. The van der Waals surface area contributed by atoms with Gasteiger partial charge in [-0.2, -0.15) is 0 Å². The molecule has 2 amide bonds. The summed E-state index contributed by atoms with van der Waals surface area (Å²) in [6, 6.07) is 7.40. The van der Waals surface area contributed by atoms with Crippen LogP contribution in [0.1, 0.15) is 31.4 Å². The number of rotatable bonds is 9. The van der Waals surface area contributed by atoms with Crippen LogP contribution in [-0.4, -0.2) is 45.4 Å². The average molecular weight is 419 g/mol. The van der Waals surface area contributed by atoms with E-state index in [2.05, 4.69) is 15.6 Å². The molecule has 3 N–H and O–H groups in total. The lowest BCUT2D eigenvalue weighted by Crippen LogP contribution is -2.35. The first-order valence-corrected chi connectivity index (χ1v) is 10.6. The van der Waals surface area contributed by atoms with Crippen molar-refractivity contribution in [2.45, 2.75) is 50.0 Å². The van der Waals surface area contributed by atoms with Gasteiger partial charge in [-0.1, -0.05) is 36.7 Å². The number of amides is 2. The van der Waals surface area contributed by atoms with Gasteiger partial charge in [0.25, 0.3) is 0 Å². The van der Waals surface area contributed by atoms with Gasteiger partial charge < -0.3 is 25.0 Å². The van der Waals surface area contributed by atoms with Gasteiger partial charge >= 0.3 is 0 Å². The number of imidazole rings is 1. The average Bonchev–Trinajstić information content (AvgIpc) is 3.36. The Labute approximate surface area is 174 Å². The van der Waals surface area contributed by atoms with E-state index in [1.165, 1.54) is 18.0 Å². The molecule has 0 spiro atoms. The highest BCUT2D eigenvalue weighted by Crippen LogP contribution is 2.24. The van der Waals surface area contributed by atoms with Gasteiger partial charge in [0.2, 0.25) is 11.8 Å². The molecule has 0 saturated heterocycles. The first-order chi connectivity index (χ1) is 14.1. The van der Waals surface area contributed by atoms with Gasteiger partial charge in [-0.15, -0.1) is 0 Å². The van der Waals surface area contributed by atoms with Gasteiger partial charge in [0, 0.05) is 6.04 Å². The van der Waals surface area contributed by atoms with E-state index in [4.69, 9.17) is 4.74 Å². The molecule has 0 radical (unpaired) electrons. The number of methoxy groups -OCH3 is 1. The summed E-state index contributed by atoms with van der Waals surface area (Å²) in [6.45, 7) is -0.152. The largest absolute Gasteiger partial charge is 0.495 e. The topological polar surface area (TPSA) is 105 Å². The van der Waals surface area contributed by atoms with E-state index in [1.54, 1.807) is 23.8 Å². The van der Waals surface area contributed by atoms with Crippen molar-refractivity contribution < 1.29 is 19.4 Å². The maximum Gasteiger partial charge on any atom is 0.240 e. The number of ether oxygens (including phenoxy) is 1. The highest BCUT2D eigenvalue weighted by Gasteiger charge is 2.20. The van der Waals surface area contributed by atoms with Gasteiger partial charge in [0.1, 0.15) is 12.3 Å². The summed E-state index contributed by atoms with van der Waals surface area (Å²) in [4.78, 5) is 29.0. The number of nitrogens with zero attached hydrogens (tertiary/aromatic N) is 2. The molecule has 1 heterocycles. The van der Waals surface area contributed by atoms with Crippen molar-refractivity contribution in [2.75, 3.05) is 18.2 Å². The van der Waals surface area contributed by atoms with Crippen molar-refractivity contribution in [3.05, 3.63) is 36.2 Å². The maximum atomic E-state index is 12.4. The number of hydrogen-bond acceptors (Lipinski definition) is 6. The number of benzene rings is 1. The monoisotopic (exact) mass is 418 g/mol. The number of nitrogens with one attached hydrogen (secondary N) is 2. The van der Waals surface area contributed by atoms with E-state index in [1.807, 2.05) is 12.1 Å². The SMILES string of the molecule is COc1ccccc1NC(=O)CSc1ncc(CO)n1CC(=O)NC1CCCC1. The first-order valence-electron chi connectivity index (χ1n) is 9.61. The lowest BCUT2D eigenvalue weighted by molar-refractivity contribution is -0.122. The molecule has 0 unspecified atom stereocenters. The van der Waals surface area contributed by atoms with Gasteiger partial charge in [-0.05, 0) is 25.0 Å². The number of para-hydroxylation sites is 2. The van der Waals surface area contributed by atoms with Gasteiger partial charge in [0.05, 0.1) is 37.0 Å². The summed E-state index contributed by atoms with van der Waals surface area (Å²) < 4.78 is 6.89. The Bertz CT molecular complexity index is 849. The van der Waals surface area contributed by atoms with E-state index in [-0.39, 0.29) is 36.8 Å². The quantitative estimate of drug-likeness (QED) is 0.539. The van der Waals surface area contributed by atoms with Crippen molar-refractivity contribution in [3.8, 4) is 5.75 Å². The van der Waals surface area contributed by atoms with Crippen LogP contribution in [0.2, 0.25) is 0 Å². The number of aliphatic hydroxyl groups excluding tert-OH is 1. The van der Waals surface area contributed by atoms with E-state index >= 15 is 0 Å². The predicted molar refractivity (Wildman–Crippen MR) is 111 cm³/mol. The van der Waals surface area contributed by atoms with Crippen molar-refractivity contribution in [3.63, 3.8) is 0 Å². The minimum atomic E-state index is -0.225. The second-order valence-corrected chi connectivity index (χ2v) is 7.80. The Morgan fingerprint density at radius 1 is 1.28 bits per heavy atom. The molecule has 156 valence electrons. The van der Waals surface area contributed by atoms with Crippen LogP contribution < -0.4 is 15.4 Å². The van der Waals surface area contributed by atoms with Crippen LogP contribution in [0.25, 0.3) is 0 Å². The molecule has 0 bridgehead atoms. The lowest BCUT2D eigenvalue weighted by Gasteiger charge is -2.15. The molecule has 1 aromatic carbocycles. The number of aliphatic hydroxyl groups is 1. The van der Waals surface area contributed by atoms with Crippen LogP contribution in [-0.2, 0) is 22.7 Å². The van der Waals surface area contributed by atoms with Crippen LogP contribution in [0.15, 0.2) is 35.6 Å². The summed E-state index contributed by atoms with van der Waals surface area (Å²) in [5, 5.41) is 15.9. The summed E-state index contributed by atoms with van der Waals surface area (Å²) in [7, 11) is 1.55. The molecule has 1 aromatic heterocycles. The zero-order valence-electron chi connectivity index (χ0n) is 16.4. The molecule has 0 aliphatic heterocycles. The van der Waals surface area contributed by atoms with Crippen LogP contribution in [0.3, 0.4) is 0 Å². The number of carbonyl (C=O) groups excluding carboxylic acids is 2. The minimum absolute atomic E-state index is 0.0723. The third-order valence-corrected chi connectivity index (χ3v) is 5.79. The molecule has 1 aliphatic rings. The lowest BCUT2D eigenvalue weighted by atomic mass is 10.2. The fraction of sp³-hybridized carbons (Fsp3) is 0.450. The Kier molecular flexibility index (Phi) is 7.54. The Hall–Kier alpha value is -2.52. The Morgan fingerprint density at radius 2 is 2.03 bits per heavy atom. The molecule has 1 fully saturated rings. The number of hydrogen-bond donors (Lipinski definition) is 3. The molecule has 2 aromatic rings. The summed E-state index contributed by atoms with van der Waals surface area (Å²) in [5.74, 6) is 0.378. The zero-order valence-corrected chi connectivity index (χ0v) is 17.2. The molecular weight excluding hydrogens is 392 g/mol. The molecular formula is C20H26N4O4S. The fourth-order valence-corrected chi connectivity index (χ4v) is 4.15. The van der Waals surface area contributed by atoms with E-state index in [0.29, 0.717) is 22.3 Å². The Balaban J connectivity index is 1.59. The van der Waals surface area contributed by atoms with Crippen molar-refractivity contribution in [2.24, 2.45) is 0 Å². The van der Waals surface area contributed by atoms with Gasteiger partial charge in [-0.25, -0.2) is 4.98 Å². The second-order valence-electron chi connectivity index (χ2n) is 6.86. The fourth-order valence-electron chi connectivity index (χ4n) is 3.35. The molecule has 8 nitrogen and oxygen atoms in total. The predicted octanol–water partition coefficient (Wildman–Crippen LogP) is 2.17. The van der Waals surface area contributed by atoms with Crippen molar-refractivity contribution in [1.29, 1.82) is 0 Å². The Morgan fingerprint density at radius 3 is 2.76 bits per heavy atom. The van der Waals surface area contributed by atoms with Crippen molar-refractivity contribution in [1.82, 2.24) is 14.9 Å². The summed E-state index contributed by atoms with van der Waals surface area (Å²) in [5.41, 5.74) is 1.13. The number of thioether (sulfide) groups is 1. The number of carbonyl (C=O) groups is 2. The highest BCUT2D eigenvalue weighted by atomic mass is 32.2. The van der Waals surface area contributed by atoms with E-state index in [9.17, 15) is 14.7 Å². The molecule has 1 aliphatic carbocycles. The van der Waals surface area contributed by atoms with Crippen LogP contribution in [0.5, 0.6) is 5.75 Å². The molecule has 9 heteroatoms. The van der Waals surface area contributed by atoms with E-state index in [0.717, 1.165) is 25.7 Å². The molecule has 3 rings (SSSR count). The molecule has 29 heavy (non-hydrogen) atoms. The summed E-state index contributed by atoms with van der Waals surface area (Å²) in [6.07, 6.45) is 5.82. The van der Waals surface area contributed by atoms with Crippen LogP contribution >= 0.6 is 11.8 Å². The maximum absolute atomic E-state index is 12.4. The number of anilines is 1. The van der Waals surface area contributed by atoms with Crippen molar-refractivity contribution >= 4 is 29.3 Å². The second kappa shape index (κ2) is 10.3. The normalized spacial score (nSPS) is 14.0.